The van der Waals surface area contributed by atoms with Gasteiger partial charge in [0.2, 0.25) is 0 Å². The number of likely N-dealkylation sites (N-methyl/N-ethyl adjacent to an activating group) is 1. The smallest absolute Gasteiger partial charge is 0.121 e. The zero-order valence-electron chi connectivity index (χ0n) is 10.7. The van der Waals surface area contributed by atoms with Crippen molar-refractivity contribution in [1.82, 2.24) is 10.6 Å². The molecule has 2 unspecified atom stereocenters. The van der Waals surface area contributed by atoms with E-state index < -0.39 is 0 Å². The van der Waals surface area contributed by atoms with Crippen LogP contribution in [-0.2, 0) is 0 Å². The number of hydrogen-bond acceptors (Lipinski definition) is 3. The highest BCUT2D eigenvalue weighted by molar-refractivity contribution is 6.30. The Morgan fingerprint density at radius 1 is 1.29 bits per heavy atom. The van der Waals surface area contributed by atoms with Crippen LogP contribution in [0.15, 0.2) is 24.3 Å². The molecule has 0 radical (unpaired) electrons. The summed E-state index contributed by atoms with van der Waals surface area (Å²) in [6.45, 7) is 5.95. The highest BCUT2D eigenvalue weighted by Gasteiger charge is 2.06. The Hall–Kier alpha value is -0.770. The summed E-state index contributed by atoms with van der Waals surface area (Å²) in [5, 5.41) is 7.23. The Morgan fingerprint density at radius 2 is 2.06 bits per heavy atom. The minimum Gasteiger partial charge on any atom is -0.489 e. The third-order valence-electron chi connectivity index (χ3n) is 2.40. The van der Waals surface area contributed by atoms with E-state index in [-0.39, 0.29) is 6.10 Å². The second-order valence-electron chi connectivity index (χ2n) is 4.25. The highest BCUT2D eigenvalue weighted by Crippen LogP contribution is 2.18. The van der Waals surface area contributed by atoms with Crippen LogP contribution in [0.2, 0.25) is 5.02 Å². The zero-order valence-corrected chi connectivity index (χ0v) is 11.4. The van der Waals surface area contributed by atoms with Crippen LogP contribution < -0.4 is 15.4 Å². The quantitative estimate of drug-likeness (QED) is 0.786. The van der Waals surface area contributed by atoms with Gasteiger partial charge < -0.3 is 15.4 Å². The van der Waals surface area contributed by atoms with Crippen LogP contribution in [0.5, 0.6) is 5.75 Å². The lowest BCUT2D eigenvalue weighted by Gasteiger charge is -2.19. The molecule has 0 aliphatic heterocycles. The first kappa shape index (κ1) is 14.3. The fourth-order valence-corrected chi connectivity index (χ4v) is 1.74. The van der Waals surface area contributed by atoms with Gasteiger partial charge in [0.15, 0.2) is 0 Å². The van der Waals surface area contributed by atoms with Crippen molar-refractivity contribution >= 4 is 11.6 Å². The molecule has 2 atom stereocenters. The molecule has 1 rings (SSSR count). The van der Waals surface area contributed by atoms with Crippen LogP contribution >= 0.6 is 11.6 Å². The third-order valence-corrected chi connectivity index (χ3v) is 2.63. The predicted octanol–water partition coefficient (Wildman–Crippen LogP) is 2.30. The molecule has 0 saturated heterocycles. The summed E-state index contributed by atoms with van der Waals surface area (Å²) >= 11 is 5.89. The fourth-order valence-electron chi connectivity index (χ4n) is 1.56. The van der Waals surface area contributed by atoms with Crippen LogP contribution in [0.25, 0.3) is 0 Å². The molecule has 0 spiro atoms. The van der Waals surface area contributed by atoms with Crippen molar-refractivity contribution in [1.29, 1.82) is 0 Å². The van der Waals surface area contributed by atoms with Gasteiger partial charge in [-0.2, -0.15) is 0 Å². The average Bonchev–Trinajstić information content (AvgIpc) is 2.27. The van der Waals surface area contributed by atoms with Crippen molar-refractivity contribution < 1.29 is 4.74 Å². The van der Waals surface area contributed by atoms with Crippen LogP contribution in [0.3, 0.4) is 0 Å². The predicted molar refractivity (Wildman–Crippen MR) is 72.9 cm³/mol. The van der Waals surface area contributed by atoms with Crippen LogP contribution in [0.1, 0.15) is 13.8 Å². The third kappa shape index (κ3) is 5.91. The van der Waals surface area contributed by atoms with Crippen LogP contribution in [-0.4, -0.2) is 32.3 Å². The lowest BCUT2D eigenvalue weighted by Crippen LogP contribution is -2.40. The number of benzene rings is 1. The molecule has 2 N–H and O–H groups in total. The van der Waals surface area contributed by atoms with E-state index in [9.17, 15) is 0 Å². The van der Waals surface area contributed by atoms with Gasteiger partial charge in [0, 0.05) is 24.2 Å². The van der Waals surface area contributed by atoms with E-state index in [0.29, 0.717) is 11.1 Å². The SMILES string of the molecule is CNCC(C)NCC(C)Oc1cccc(Cl)c1. The molecule has 17 heavy (non-hydrogen) atoms. The van der Waals surface area contributed by atoms with Gasteiger partial charge in [-0.15, -0.1) is 0 Å². The Kier molecular flexibility index (Phi) is 6.34. The van der Waals surface area contributed by atoms with Gasteiger partial charge in [-0.1, -0.05) is 17.7 Å². The van der Waals surface area contributed by atoms with E-state index >= 15 is 0 Å². The molecule has 0 heterocycles. The fraction of sp³-hybridized carbons (Fsp3) is 0.538. The maximum absolute atomic E-state index is 5.89. The van der Waals surface area contributed by atoms with Gasteiger partial charge in [-0.3, -0.25) is 0 Å². The van der Waals surface area contributed by atoms with Crippen molar-refractivity contribution in [2.45, 2.75) is 26.0 Å². The maximum Gasteiger partial charge on any atom is 0.121 e. The van der Waals surface area contributed by atoms with Gasteiger partial charge in [0.1, 0.15) is 11.9 Å². The van der Waals surface area contributed by atoms with Gasteiger partial charge >= 0.3 is 0 Å². The number of hydrogen-bond donors (Lipinski definition) is 2. The van der Waals surface area contributed by atoms with E-state index in [0.717, 1.165) is 18.8 Å². The van der Waals surface area contributed by atoms with Crippen molar-refractivity contribution in [3.63, 3.8) is 0 Å². The van der Waals surface area contributed by atoms with Crippen molar-refractivity contribution in [3.05, 3.63) is 29.3 Å². The van der Waals surface area contributed by atoms with Crippen LogP contribution in [0, 0.1) is 0 Å². The molecule has 96 valence electrons. The van der Waals surface area contributed by atoms with E-state index in [4.69, 9.17) is 16.3 Å². The molecule has 1 aromatic rings. The first-order valence-corrected chi connectivity index (χ1v) is 6.30. The maximum atomic E-state index is 5.89. The van der Waals surface area contributed by atoms with E-state index in [1.54, 1.807) is 0 Å². The summed E-state index contributed by atoms with van der Waals surface area (Å²) in [4.78, 5) is 0. The molecule has 0 aliphatic rings. The summed E-state index contributed by atoms with van der Waals surface area (Å²) in [6, 6.07) is 7.91. The van der Waals surface area contributed by atoms with Crippen molar-refractivity contribution in [3.8, 4) is 5.75 Å². The monoisotopic (exact) mass is 256 g/mol. The summed E-state index contributed by atoms with van der Waals surface area (Å²) in [7, 11) is 1.95. The number of nitrogens with one attached hydrogen (secondary N) is 2. The summed E-state index contributed by atoms with van der Waals surface area (Å²) in [6.07, 6.45) is 0.118. The highest BCUT2D eigenvalue weighted by atomic mass is 35.5. The molecule has 0 fully saturated rings. The van der Waals surface area contributed by atoms with Crippen molar-refractivity contribution in [2.24, 2.45) is 0 Å². The van der Waals surface area contributed by atoms with Gasteiger partial charge in [-0.05, 0) is 39.1 Å². The lowest BCUT2D eigenvalue weighted by molar-refractivity contribution is 0.212. The molecule has 0 saturated carbocycles. The Balaban J connectivity index is 2.32. The Labute approximate surface area is 109 Å². The molecular formula is C13H21ClN2O. The normalized spacial score (nSPS) is 14.4. The Bertz CT molecular complexity index is 333. The average molecular weight is 257 g/mol. The Morgan fingerprint density at radius 3 is 2.71 bits per heavy atom. The first-order chi connectivity index (χ1) is 8.11. The first-order valence-electron chi connectivity index (χ1n) is 5.92. The lowest BCUT2D eigenvalue weighted by atomic mass is 10.3. The van der Waals surface area contributed by atoms with Gasteiger partial charge in [0.25, 0.3) is 0 Å². The van der Waals surface area contributed by atoms with E-state index in [1.165, 1.54) is 0 Å². The minimum absolute atomic E-state index is 0.118. The molecule has 0 aliphatic carbocycles. The van der Waals surface area contributed by atoms with Crippen molar-refractivity contribution in [2.75, 3.05) is 20.1 Å². The van der Waals surface area contributed by atoms with E-state index in [1.807, 2.05) is 38.2 Å². The van der Waals surface area contributed by atoms with E-state index in [2.05, 4.69) is 17.6 Å². The minimum atomic E-state index is 0.118. The number of ether oxygens (including phenoxy) is 1. The molecule has 0 amide bonds. The molecule has 0 bridgehead atoms. The molecular weight excluding hydrogens is 236 g/mol. The summed E-state index contributed by atoms with van der Waals surface area (Å²) in [5.41, 5.74) is 0. The van der Waals surface area contributed by atoms with Gasteiger partial charge in [0.05, 0.1) is 0 Å². The zero-order chi connectivity index (χ0) is 12.7. The summed E-state index contributed by atoms with van der Waals surface area (Å²) < 4.78 is 5.76. The summed E-state index contributed by atoms with van der Waals surface area (Å²) in [5.74, 6) is 0.813. The second-order valence-corrected chi connectivity index (χ2v) is 4.69. The standard InChI is InChI=1S/C13H21ClN2O/c1-10(8-15-3)16-9-11(2)17-13-6-4-5-12(14)7-13/h4-7,10-11,15-16H,8-9H2,1-3H3. The molecule has 0 aromatic heterocycles. The van der Waals surface area contributed by atoms with Gasteiger partial charge in [-0.25, -0.2) is 0 Å². The molecule has 3 nitrogen and oxygen atoms in total. The topological polar surface area (TPSA) is 33.3 Å². The molecule has 1 aromatic carbocycles. The van der Waals surface area contributed by atoms with Crippen LogP contribution in [0.4, 0.5) is 0 Å². The second kappa shape index (κ2) is 7.54. The number of halogens is 1. The number of rotatable bonds is 7. The molecule has 4 heteroatoms. The largest absolute Gasteiger partial charge is 0.489 e.